The van der Waals surface area contributed by atoms with Crippen LogP contribution in [0.2, 0.25) is 0 Å². The number of carboxylic acid groups (broad SMARTS) is 2. The van der Waals surface area contributed by atoms with E-state index in [1.807, 2.05) is 0 Å². The van der Waals surface area contributed by atoms with Gasteiger partial charge < -0.3 is 19.8 Å². The number of carboxylic acids is 2. The minimum atomic E-state index is -1.76. The lowest BCUT2D eigenvalue weighted by Crippen LogP contribution is -2.51. The highest BCUT2D eigenvalue weighted by molar-refractivity contribution is 6.34. The normalized spacial score (nSPS) is 32.3. The number of rotatable bonds is 3. The van der Waals surface area contributed by atoms with Crippen molar-refractivity contribution in [1.29, 1.82) is 0 Å². The predicted molar refractivity (Wildman–Crippen MR) is 49.6 cm³/mol. The number of aliphatic carboxylic acids is 2. The molecule has 0 saturated heterocycles. The van der Waals surface area contributed by atoms with Crippen LogP contribution in [0.15, 0.2) is 0 Å². The fourth-order valence-corrected chi connectivity index (χ4v) is 2.54. The SMILES string of the molecule is CC1(C)[C@H](C(=O)[O-])CC[C@]1(C)C(=O)C(=O)[O-]. The van der Waals surface area contributed by atoms with Gasteiger partial charge in [-0.2, -0.15) is 0 Å². The third-order valence-electron chi connectivity index (χ3n) is 4.20. The molecule has 0 aliphatic heterocycles. The highest BCUT2D eigenvalue weighted by Crippen LogP contribution is 2.56. The summed E-state index contributed by atoms with van der Waals surface area (Å²) in [5.74, 6) is -4.82. The number of carbonyl (C=O) groups is 3. The van der Waals surface area contributed by atoms with Crippen LogP contribution in [0, 0.1) is 16.7 Å². The molecule has 0 spiro atoms. The zero-order valence-electron chi connectivity index (χ0n) is 9.53. The van der Waals surface area contributed by atoms with E-state index in [9.17, 15) is 24.6 Å². The van der Waals surface area contributed by atoms with E-state index < -0.39 is 34.5 Å². The second-order valence-electron chi connectivity index (χ2n) is 5.08. The van der Waals surface area contributed by atoms with E-state index in [0.29, 0.717) is 0 Å². The molecule has 1 saturated carbocycles. The fraction of sp³-hybridized carbons (Fsp3) is 0.727. The molecule has 0 aromatic carbocycles. The summed E-state index contributed by atoms with van der Waals surface area (Å²) in [6.45, 7) is 4.65. The predicted octanol–water partition coefficient (Wildman–Crippen LogP) is -1.50. The first-order valence-electron chi connectivity index (χ1n) is 5.11. The zero-order chi connectivity index (χ0) is 12.7. The Morgan fingerprint density at radius 1 is 1.12 bits per heavy atom. The molecule has 0 unspecified atom stereocenters. The standard InChI is InChI=1S/C11H16O5/c1-10(2)6(8(13)14)4-5-11(10,3)7(12)9(15)16/h6H,4-5H2,1-3H3,(H,13,14)(H,15,16)/p-2/t6-,11+/m0/s1. The Balaban J connectivity index is 3.14. The third kappa shape index (κ3) is 1.50. The topological polar surface area (TPSA) is 97.3 Å². The van der Waals surface area contributed by atoms with Gasteiger partial charge in [0.25, 0.3) is 0 Å². The number of hydrogen-bond donors (Lipinski definition) is 0. The summed E-state index contributed by atoms with van der Waals surface area (Å²) in [5, 5.41) is 21.5. The van der Waals surface area contributed by atoms with Crippen molar-refractivity contribution in [2.75, 3.05) is 0 Å². The van der Waals surface area contributed by atoms with E-state index >= 15 is 0 Å². The number of ketones is 1. The van der Waals surface area contributed by atoms with Crippen molar-refractivity contribution in [1.82, 2.24) is 0 Å². The van der Waals surface area contributed by atoms with E-state index in [1.54, 1.807) is 13.8 Å². The Kier molecular flexibility index (Phi) is 2.83. The van der Waals surface area contributed by atoms with Gasteiger partial charge in [0.15, 0.2) is 5.78 Å². The van der Waals surface area contributed by atoms with Gasteiger partial charge in [-0.3, -0.25) is 4.79 Å². The van der Waals surface area contributed by atoms with Gasteiger partial charge in [-0.05, 0) is 18.3 Å². The molecule has 1 rings (SSSR count). The van der Waals surface area contributed by atoms with Crippen molar-refractivity contribution in [3.05, 3.63) is 0 Å². The molecule has 0 radical (unpaired) electrons. The lowest BCUT2D eigenvalue weighted by molar-refractivity contribution is -0.315. The molecular weight excluding hydrogens is 212 g/mol. The first-order valence-corrected chi connectivity index (χ1v) is 5.11. The lowest BCUT2D eigenvalue weighted by Gasteiger charge is -2.41. The van der Waals surface area contributed by atoms with Crippen LogP contribution < -0.4 is 10.2 Å². The summed E-state index contributed by atoms with van der Waals surface area (Å²) in [6, 6.07) is 0. The summed E-state index contributed by atoms with van der Waals surface area (Å²) in [4.78, 5) is 33.1. The fourth-order valence-electron chi connectivity index (χ4n) is 2.54. The molecule has 1 aliphatic rings. The van der Waals surface area contributed by atoms with Gasteiger partial charge in [0.05, 0.1) is 0 Å². The summed E-state index contributed by atoms with van der Waals surface area (Å²) in [7, 11) is 0. The van der Waals surface area contributed by atoms with E-state index in [4.69, 9.17) is 0 Å². The van der Waals surface area contributed by atoms with Crippen LogP contribution in [-0.2, 0) is 14.4 Å². The van der Waals surface area contributed by atoms with E-state index in [1.165, 1.54) is 6.92 Å². The summed E-state index contributed by atoms with van der Waals surface area (Å²) in [5.41, 5.74) is -2.14. The monoisotopic (exact) mass is 226 g/mol. The highest BCUT2D eigenvalue weighted by Gasteiger charge is 2.56. The van der Waals surface area contributed by atoms with Gasteiger partial charge in [0, 0.05) is 17.3 Å². The number of Topliss-reactive ketones (excluding diaryl/α,β-unsaturated/α-hetero) is 1. The molecule has 5 nitrogen and oxygen atoms in total. The smallest absolute Gasteiger partial charge is 0.184 e. The summed E-state index contributed by atoms with van der Waals surface area (Å²) >= 11 is 0. The Labute approximate surface area is 93.5 Å². The Bertz CT molecular complexity index is 357. The summed E-state index contributed by atoms with van der Waals surface area (Å²) < 4.78 is 0. The van der Waals surface area contributed by atoms with Gasteiger partial charge in [-0.1, -0.05) is 20.8 Å². The first kappa shape index (κ1) is 12.7. The molecule has 0 aromatic heterocycles. The van der Waals surface area contributed by atoms with Crippen LogP contribution in [0.25, 0.3) is 0 Å². The maximum absolute atomic E-state index is 11.6. The molecule has 2 atom stereocenters. The van der Waals surface area contributed by atoms with Crippen molar-refractivity contribution in [2.45, 2.75) is 33.6 Å². The van der Waals surface area contributed by atoms with E-state index in [0.717, 1.165) is 0 Å². The van der Waals surface area contributed by atoms with Crippen molar-refractivity contribution in [3.63, 3.8) is 0 Å². The minimum Gasteiger partial charge on any atom is -0.550 e. The average Bonchev–Trinajstić information content (AvgIpc) is 2.37. The van der Waals surface area contributed by atoms with Crippen LogP contribution in [0.1, 0.15) is 33.6 Å². The molecule has 1 aliphatic carbocycles. The maximum atomic E-state index is 11.6. The molecule has 5 heteroatoms. The summed E-state index contributed by atoms with van der Waals surface area (Å²) in [6.07, 6.45) is 0.482. The Morgan fingerprint density at radius 3 is 1.94 bits per heavy atom. The van der Waals surface area contributed by atoms with Gasteiger partial charge in [0.1, 0.15) is 5.97 Å². The largest absolute Gasteiger partial charge is 0.550 e. The average molecular weight is 226 g/mol. The Morgan fingerprint density at radius 2 is 1.62 bits per heavy atom. The van der Waals surface area contributed by atoms with Crippen molar-refractivity contribution < 1.29 is 24.6 Å². The van der Waals surface area contributed by atoms with E-state index in [-0.39, 0.29) is 12.8 Å². The maximum Gasteiger partial charge on any atom is 0.184 e. The van der Waals surface area contributed by atoms with Crippen LogP contribution in [-0.4, -0.2) is 17.7 Å². The van der Waals surface area contributed by atoms with Gasteiger partial charge in [-0.25, -0.2) is 0 Å². The molecule has 1 fully saturated rings. The molecule has 0 aromatic rings. The van der Waals surface area contributed by atoms with Gasteiger partial charge in [-0.15, -0.1) is 0 Å². The molecule has 0 N–H and O–H groups in total. The van der Waals surface area contributed by atoms with Crippen LogP contribution in [0.4, 0.5) is 0 Å². The zero-order valence-corrected chi connectivity index (χ0v) is 9.53. The highest BCUT2D eigenvalue weighted by atomic mass is 16.4. The van der Waals surface area contributed by atoms with Crippen molar-refractivity contribution in [2.24, 2.45) is 16.7 Å². The molecule has 16 heavy (non-hydrogen) atoms. The third-order valence-corrected chi connectivity index (χ3v) is 4.20. The molecule has 0 amide bonds. The van der Waals surface area contributed by atoms with Crippen LogP contribution in [0.5, 0.6) is 0 Å². The van der Waals surface area contributed by atoms with Crippen molar-refractivity contribution in [3.8, 4) is 0 Å². The van der Waals surface area contributed by atoms with Gasteiger partial charge >= 0.3 is 0 Å². The Hall–Kier alpha value is -1.39. The first-order chi connectivity index (χ1) is 7.14. The van der Waals surface area contributed by atoms with E-state index in [2.05, 4.69) is 0 Å². The van der Waals surface area contributed by atoms with Crippen molar-refractivity contribution >= 4 is 17.7 Å². The molecule has 90 valence electrons. The number of carbonyl (C=O) groups excluding carboxylic acids is 3. The quantitative estimate of drug-likeness (QED) is 0.545. The minimum absolute atomic E-state index is 0.228. The van der Waals surface area contributed by atoms with Crippen LogP contribution >= 0.6 is 0 Å². The van der Waals surface area contributed by atoms with Gasteiger partial charge in [0.2, 0.25) is 0 Å². The molecule has 0 heterocycles. The number of hydrogen-bond acceptors (Lipinski definition) is 5. The molecule has 0 bridgehead atoms. The lowest BCUT2D eigenvalue weighted by atomic mass is 9.63. The van der Waals surface area contributed by atoms with Crippen LogP contribution in [0.3, 0.4) is 0 Å². The molecular formula is C11H14O5-2. The second kappa shape index (κ2) is 3.57. The second-order valence-corrected chi connectivity index (χ2v) is 5.08.